The second-order valence-corrected chi connectivity index (χ2v) is 5.09. The van der Waals surface area contributed by atoms with Crippen molar-refractivity contribution < 1.29 is 4.79 Å². The third-order valence-corrected chi connectivity index (χ3v) is 4.03. The standard InChI is InChI=1S/C11H13ClN4OS/c1-4-8-10(18-15-13-8)9(17)5-7-6(2)14-16(3)11(7)12/h4-5H2,1-3H3. The molecule has 96 valence electrons. The second kappa shape index (κ2) is 5.16. The number of aryl methyl sites for hydroxylation is 3. The van der Waals surface area contributed by atoms with E-state index in [0.29, 0.717) is 16.5 Å². The van der Waals surface area contributed by atoms with Crippen molar-refractivity contribution in [2.75, 3.05) is 0 Å². The molecule has 0 saturated heterocycles. The molecule has 0 saturated carbocycles. The Morgan fingerprint density at radius 3 is 2.78 bits per heavy atom. The van der Waals surface area contributed by atoms with Gasteiger partial charge in [0.1, 0.15) is 10.0 Å². The van der Waals surface area contributed by atoms with Crippen LogP contribution in [0.1, 0.15) is 33.5 Å². The summed E-state index contributed by atoms with van der Waals surface area (Å²) in [5.74, 6) is -0.000139. The first-order valence-corrected chi connectivity index (χ1v) is 6.72. The molecule has 7 heteroatoms. The van der Waals surface area contributed by atoms with Gasteiger partial charge in [0.2, 0.25) is 0 Å². The Morgan fingerprint density at radius 1 is 1.50 bits per heavy atom. The van der Waals surface area contributed by atoms with E-state index in [4.69, 9.17) is 11.6 Å². The van der Waals surface area contributed by atoms with Crippen molar-refractivity contribution in [3.8, 4) is 0 Å². The van der Waals surface area contributed by atoms with Gasteiger partial charge in [-0.05, 0) is 24.9 Å². The summed E-state index contributed by atoms with van der Waals surface area (Å²) in [7, 11) is 1.76. The van der Waals surface area contributed by atoms with Crippen molar-refractivity contribution in [2.45, 2.75) is 26.7 Å². The van der Waals surface area contributed by atoms with Gasteiger partial charge in [-0.1, -0.05) is 23.0 Å². The maximum Gasteiger partial charge on any atom is 0.180 e. The molecule has 2 heterocycles. The van der Waals surface area contributed by atoms with Crippen LogP contribution in [-0.4, -0.2) is 25.2 Å². The number of hydrogen-bond donors (Lipinski definition) is 0. The molecule has 0 unspecified atom stereocenters. The van der Waals surface area contributed by atoms with Crippen LogP contribution in [0, 0.1) is 6.92 Å². The third kappa shape index (κ3) is 2.30. The number of ketones is 1. The normalized spacial score (nSPS) is 10.9. The molecule has 2 rings (SSSR count). The molecule has 18 heavy (non-hydrogen) atoms. The summed E-state index contributed by atoms with van der Waals surface area (Å²) >= 11 is 7.25. The SMILES string of the molecule is CCc1nnsc1C(=O)Cc1c(C)nn(C)c1Cl. The summed E-state index contributed by atoms with van der Waals surface area (Å²) in [5, 5.41) is 8.64. The lowest BCUT2D eigenvalue weighted by Crippen LogP contribution is -2.05. The highest BCUT2D eigenvalue weighted by atomic mass is 35.5. The van der Waals surface area contributed by atoms with Gasteiger partial charge in [-0.3, -0.25) is 9.48 Å². The smallest absolute Gasteiger partial charge is 0.180 e. The van der Waals surface area contributed by atoms with Gasteiger partial charge in [0, 0.05) is 19.0 Å². The molecule has 0 aliphatic heterocycles. The molecule has 0 amide bonds. The van der Waals surface area contributed by atoms with Gasteiger partial charge in [0.15, 0.2) is 5.78 Å². The van der Waals surface area contributed by atoms with E-state index < -0.39 is 0 Å². The van der Waals surface area contributed by atoms with Crippen molar-refractivity contribution in [1.29, 1.82) is 0 Å². The maximum atomic E-state index is 12.2. The van der Waals surface area contributed by atoms with Gasteiger partial charge in [0.05, 0.1) is 11.4 Å². The molecule has 2 aromatic heterocycles. The van der Waals surface area contributed by atoms with Gasteiger partial charge in [0.25, 0.3) is 0 Å². The predicted molar refractivity (Wildman–Crippen MR) is 70.3 cm³/mol. The van der Waals surface area contributed by atoms with Crippen molar-refractivity contribution in [1.82, 2.24) is 19.4 Å². The summed E-state index contributed by atoms with van der Waals surface area (Å²) < 4.78 is 5.40. The Morgan fingerprint density at radius 2 is 2.22 bits per heavy atom. The van der Waals surface area contributed by atoms with Crippen molar-refractivity contribution >= 4 is 28.9 Å². The summed E-state index contributed by atoms with van der Waals surface area (Å²) in [5.41, 5.74) is 2.31. The fraction of sp³-hybridized carbons (Fsp3) is 0.455. The number of aromatic nitrogens is 4. The van der Waals surface area contributed by atoms with Crippen molar-refractivity contribution in [3.63, 3.8) is 0 Å². The van der Waals surface area contributed by atoms with E-state index in [9.17, 15) is 4.79 Å². The summed E-state index contributed by atoms with van der Waals surface area (Å²) in [6.07, 6.45) is 0.951. The van der Waals surface area contributed by atoms with E-state index in [2.05, 4.69) is 14.7 Å². The third-order valence-electron chi connectivity index (χ3n) is 2.75. The molecule has 5 nitrogen and oxygen atoms in total. The van der Waals surface area contributed by atoms with Gasteiger partial charge >= 0.3 is 0 Å². The molecule has 0 atom stereocenters. The van der Waals surface area contributed by atoms with Crippen LogP contribution >= 0.6 is 23.1 Å². The molecular formula is C11H13ClN4OS. The lowest BCUT2D eigenvalue weighted by Gasteiger charge is -1.99. The van der Waals surface area contributed by atoms with E-state index in [1.807, 2.05) is 13.8 Å². The molecule has 2 aromatic rings. The highest BCUT2D eigenvalue weighted by molar-refractivity contribution is 7.08. The molecule has 0 bridgehead atoms. The molecule has 0 aliphatic carbocycles. The number of Topliss-reactive ketones (excluding diaryl/α,β-unsaturated/α-hetero) is 1. The Kier molecular flexibility index (Phi) is 3.77. The van der Waals surface area contributed by atoms with E-state index in [0.717, 1.165) is 28.5 Å². The molecule has 0 aromatic carbocycles. The first-order chi connectivity index (χ1) is 8.54. The van der Waals surface area contributed by atoms with Crippen LogP contribution in [-0.2, 0) is 19.9 Å². The Bertz CT molecular complexity index is 590. The predicted octanol–water partition coefficient (Wildman–Crippen LogP) is 2.22. The Labute approximate surface area is 114 Å². The first-order valence-electron chi connectivity index (χ1n) is 5.57. The first kappa shape index (κ1) is 13.2. The molecule has 0 radical (unpaired) electrons. The quantitative estimate of drug-likeness (QED) is 0.808. The number of hydrogen-bond acceptors (Lipinski definition) is 5. The molecule has 0 aliphatic rings. The average molecular weight is 285 g/mol. The molecule has 0 spiro atoms. The number of halogens is 1. The maximum absolute atomic E-state index is 12.2. The van der Waals surface area contributed by atoms with Gasteiger partial charge in [-0.2, -0.15) is 5.10 Å². The largest absolute Gasteiger partial charge is 0.293 e. The number of carbonyl (C=O) groups is 1. The summed E-state index contributed by atoms with van der Waals surface area (Å²) in [4.78, 5) is 12.8. The van der Waals surface area contributed by atoms with Crippen molar-refractivity contribution in [3.05, 3.63) is 27.0 Å². The summed E-state index contributed by atoms with van der Waals surface area (Å²) in [6.45, 7) is 3.80. The highest BCUT2D eigenvalue weighted by Gasteiger charge is 2.20. The topological polar surface area (TPSA) is 60.7 Å². The van der Waals surface area contributed by atoms with Gasteiger partial charge < -0.3 is 0 Å². The monoisotopic (exact) mass is 284 g/mol. The van der Waals surface area contributed by atoms with E-state index in [1.54, 1.807) is 11.7 Å². The van der Waals surface area contributed by atoms with Crippen LogP contribution in [0.2, 0.25) is 5.15 Å². The molecule has 0 fully saturated rings. The minimum atomic E-state index is -0.000139. The van der Waals surface area contributed by atoms with E-state index in [1.165, 1.54) is 0 Å². The summed E-state index contributed by atoms with van der Waals surface area (Å²) in [6, 6.07) is 0. The Hall–Kier alpha value is -1.27. The Balaban J connectivity index is 2.27. The molecular weight excluding hydrogens is 272 g/mol. The number of nitrogens with zero attached hydrogens (tertiary/aromatic N) is 4. The van der Waals surface area contributed by atoms with Crippen LogP contribution in [0.4, 0.5) is 0 Å². The van der Waals surface area contributed by atoms with Crippen LogP contribution in [0.25, 0.3) is 0 Å². The fourth-order valence-electron chi connectivity index (χ4n) is 1.77. The van der Waals surface area contributed by atoms with E-state index >= 15 is 0 Å². The minimum absolute atomic E-state index is 0.000139. The number of rotatable bonds is 4. The van der Waals surface area contributed by atoms with E-state index in [-0.39, 0.29) is 12.2 Å². The van der Waals surface area contributed by atoms with Gasteiger partial charge in [-0.15, -0.1) is 5.10 Å². The second-order valence-electron chi connectivity index (χ2n) is 3.98. The van der Waals surface area contributed by atoms with Crippen LogP contribution in [0.3, 0.4) is 0 Å². The zero-order chi connectivity index (χ0) is 13.3. The van der Waals surface area contributed by atoms with Gasteiger partial charge in [-0.25, -0.2) is 0 Å². The highest BCUT2D eigenvalue weighted by Crippen LogP contribution is 2.22. The zero-order valence-corrected chi connectivity index (χ0v) is 12.0. The zero-order valence-electron chi connectivity index (χ0n) is 10.4. The average Bonchev–Trinajstić information content (AvgIpc) is 2.90. The lowest BCUT2D eigenvalue weighted by atomic mass is 10.1. The lowest BCUT2D eigenvalue weighted by molar-refractivity contribution is 0.0995. The van der Waals surface area contributed by atoms with Crippen LogP contribution in [0.15, 0.2) is 0 Å². The number of carbonyl (C=O) groups excluding carboxylic acids is 1. The van der Waals surface area contributed by atoms with Crippen LogP contribution in [0.5, 0.6) is 0 Å². The van der Waals surface area contributed by atoms with Crippen LogP contribution < -0.4 is 0 Å². The minimum Gasteiger partial charge on any atom is -0.293 e. The fourth-order valence-corrected chi connectivity index (χ4v) is 2.69. The van der Waals surface area contributed by atoms with Crippen molar-refractivity contribution in [2.24, 2.45) is 7.05 Å². The molecule has 0 N–H and O–H groups in total.